The summed E-state index contributed by atoms with van der Waals surface area (Å²) >= 11 is 4.94. The Morgan fingerprint density at radius 3 is 2.63 bits per heavy atom. The first-order chi connectivity index (χ1) is 13.1. The molecule has 0 unspecified atom stereocenters. The van der Waals surface area contributed by atoms with E-state index in [9.17, 15) is 9.59 Å². The van der Waals surface area contributed by atoms with E-state index in [0.29, 0.717) is 23.5 Å². The van der Waals surface area contributed by atoms with Gasteiger partial charge in [0.2, 0.25) is 5.91 Å². The van der Waals surface area contributed by atoms with Gasteiger partial charge in [-0.3, -0.25) is 9.59 Å². The molecule has 1 aromatic heterocycles. The van der Waals surface area contributed by atoms with Crippen LogP contribution in [0.5, 0.6) is 0 Å². The summed E-state index contributed by atoms with van der Waals surface area (Å²) in [5.74, 6) is -0.215. The molecule has 0 saturated heterocycles. The van der Waals surface area contributed by atoms with E-state index in [1.54, 1.807) is 11.3 Å². The van der Waals surface area contributed by atoms with Gasteiger partial charge < -0.3 is 16.0 Å². The van der Waals surface area contributed by atoms with Crippen LogP contribution in [0.15, 0.2) is 28.7 Å². The Hall–Kier alpha value is -1.70. The Morgan fingerprint density at radius 1 is 1.11 bits per heavy atom. The van der Waals surface area contributed by atoms with Crippen LogP contribution in [0.25, 0.3) is 0 Å². The minimum absolute atomic E-state index is 0.0591. The van der Waals surface area contributed by atoms with E-state index in [1.807, 2.05) is 24.3 Å². The van der Waals surface area contributed by atoms with Gasteiger partial charge in [-0.15, -0.1) is 11.3 Å². The normalized spacial score (nSPS) is 12.7. The summed E-state index contributed by atoms with van der Waals surface area (Å²) in [6, 6.07) is 7.48. The van der Waals surface area contributed by atoms with Gasteiger partial charge >= 0.3 is 0 Å². The Morgan fingerprint density at radius 2 is 1.89 bits per heavy atom. The number of hydrogen-bond acceptors (Lipinski definition) is 4. The van der Waals surface area contributed by atoms with E-state index < -0.39 is 0 Å². The zero-order chi connectivity index (χ0) is 19.2. The van der Waals surface area contributed by atoms with Crippen molar-refractivity contribution in [1.29, 1.82) is 0 Å². The summed E-state index contributed by atoms with van der Waals surface area (Å²) in [4.78, 5) is 26.5. The number of benzene rings is 1. The lowest BCUT2D eigenvalue weighted by molar-refractivity contribution is -0.116. The molecule has 1 heterocycles. The van der Waals surface area contributed by atoms with Gasteiger partial charge in [-0.25, -0.2) is 0 Å². The van der Waals surface area contributed by atoms with Gasteiger partial charge in [-0.2, -0.15) is 0 Å². The van der Waals surface area contributed by atoms with E-state index in [4.69, 9.17) is 0 Å². The summed E-state index contributed by atoms with van der Waals surface area (Å²) in [6.45, 7) is 3.64. The number of halogens is 1. The van der Waals surface area contributed by atoms with Gasteiger partial charge in [0.15, 0.2) is 0 Å². The van der Waals surface area contributed by atoms with E-state index >= 15 is 0 Å². The quantitative estimate of drug-likeness (QED) is 0.516. The van der Waals surface area contributed by atoms with Crippen LogP contribution in [0.2, 0.25) is 0 Å². The highest BCUT2D eigenvalue weighted by Gasteiger charge is 2.27. The van der Waals surface area contributed by atoms with Crippen molar-refractivity contribution < 1.29 is 9.59 Å². The zero-order valence-corrected chi connectivity index (χ0v) is 17.8. The minimum atomic E-state index is -0.156. The SMILES string of the molecule is CCCNCCC(=O)Nc1sc2c(c1C(=O)Nc1ccc(Br)cc1)CCC2. The second-order valence-corrected chi connectivity index (χ2v) is 8.59. The lowest BCUT2D eigenvalue weighted by Gasteiger charge is -2.10. The number of rotatable bonds is 8. The van der Waals surface area contributed by atoms with Gasteiger partial charge in [0.25, 0.3) is 5.91 Å². The van der Waals surface area contributed by atoms with Crippen molar-refractivity contribution in [2.75, 3.05) is 23.7 Å². The largest absolute Gasteiger partial charge is 0.322 e. The summed E-state index contributed by atoms with van der Waals surface area (Å²) in [7, 11) is 0. The first-order valence-electron chi connectivity index (χ1n) is 9.30. The second-order valence-electron chi connectivity index (χ2n) is 6.57. The number of anilines is 2. The average Bonchev–Trinajstić information content (AvgIpc) is 3.21. The van der Waals surface area contributed by atoms with Crippen LogP contribution in [0, 0.1) is 0 Å². The molecule has 0 aliphatic heterocycles. The third kappa shape index (κ3) is 5.18. The van der Waals surface area contributed by atoms with Gasteiger partial charge in [-0.1, -0.05) is 22.9 Å². The summed E-state index contributed by atoms with van der Waals surface area (Å²) in [6.07, 6.45) is 4.38. The number of nitrogens with one attached hydrogen (secondary N) is 3. The minimum Gasteiger partial charge on any atom is -0.322 e. The molecule has 5 nitrogen and oxygen atoms in total. The molecule has 0 spiro atoms. The highest BCUT2D eigenvalue weighted by atomic mass is 79.9. The maximum absolute atomic E-state index is 12.9. The van der Waals surface area contributed by atoms with Crippen LogP contribution >= 0.6 is 27.3 Å². The predicted molar refractivity (Wildman–Crippen MR) is 115 cm³/mol. The van der Waals surface area contributed by atoms with Crippen LogP contribution in [0.1, 0.15) is 47.0 Å². The van der Waals surface area contributed by atoms with Crippen LogP contribution in [0.3, 0.4) is 0 Å². The topological polar surface area (TPSA) is 70.2 Å². The molecule has 0 saturated carbocycles. The van der Waals surface area contributed by atoms with Crippen molar-refractivity contribution in [3.8, 4) is 0 Å². The lowest BCUT2D eigenvalue weighted by Crippen LogP contribution is -2.23. The average molecular weight is 450 g/mol. The van der Waals surface area contributed by atoms with Gasteiger partial charge in [0.05, 0.1) is 5.56 Å². The maximum Gasteiger partial charge on any atom is 0.258 e. The van der Waals surface area contributed by atoms with Crippen molar-refractivity contribution >= 4 is 49.8 Å². The van der Waals surface area contributed by atoms with Gasteiger partial charge in [0.1, 0.15) is 5.00 Å². The van der Waals surface area contributed by atoms with Crippen LogP contribution in [-0.4, -0.2) is 24.9 Å². The maximum atomic E-state index is 12.9. The molecule has 0 radical (unpaired) electrons. The third-order valence-electron chi connectivity index (χ3n) is 4.46. The van der Waals surface area contributed by atoms with E-state index in [-0.39, 0.29) is 11.8 Å². The first kappa shape index (κ1) is 20.0. The first-order valence-corrected chi connectivity index (χ1v) is 10.9. The molecule has 0 fully saturated rings. The Kier molecular flexibility index (Phi) is 7.04. The number of carbonyl (C=O) groups excluding carboxylic acids is 2. The van der Waals surface area contributed by atoms with Crippen molar-refractivity contribution in [3.63, 3.8) is 0 Å². The monoisotopic (exact) mass is 449 g/mol. The van der Waals surface area contributed by atoms with Crippen molar-refractivity contribution in [3.05, 3.63) is 44.7 Å². The van der Waals surface area contributed by atoms with E-state index in [2.05, 4.69) is 38.8 Å². The third-order valence-corrected chi connectivity index (χ3v) is 6.19. The Bertz CT molecular complexity index is 817. The molecule has 3 rings (SSSR count). The molecule has 144 valence electrons. The summed E-state index contributed by atoms with van der Waals surface area (Å²) < 4.78 is 0.960. The smallest absolute Gasteiger partial charge is 0.258 e. The fourth-order valence-corrected chi connectivity index (χ4v) is 4.72. The highest BCUT2D eigenvalue weighted by Crippen LogP contribution is 2.39. The number of thiophene rings is 1. The van der Waals surface area contributed by atoms with Crippen molar-refractivity contribution in [2.24, 2.45) is 0 Å². The number of fused-ring (bicyclic) bond motifs is 1. The van der Waals surface area contributed by atoms with Crippen LogP contribution in [0.4, 0.5) is 10.7 Å². The molecule has 2 aromatic rings. The fourth-order valence-electron chi connectivity index (χ4n) is 3.15. The Labute approximate surface area is 172 Å². The summed E-state index contributed by atoms with van der Waals surface area (Å²) in [5.41, 5.74) is 2.46. The van der Waals surface area contributed by atoms with Crippen LogP contribution in [-0.2, 0) is 17.6 Å². The van der Waals surface area contributed by atoms with Gasteiger partial charge in [-0.05, 0) is 62.1 Å². The molecule has 0 bridgehead atoms. The summed E-state index contributed by atoms with van der Waals surface area (Å²) in [5, 5.41) is 9.82. The number of hydrogen-bond donors (Lipinski definition) is 3. The molecule has 0 atom stereocenters. The number of carbonyl (C=O) groups is 2. The highest BCUT2D eigenvalue weighted by molar-refractivity contribution is 9.10. The predicted octanol–water partition coefficient (Wildman–Crippen LogP) is 4.58. The van der Waals surface area contributed by atoms with Crippen molar-refractivity contribution in [1.82, 2.24) is 5.32 Å². The molecule has 2 amide bonds. The standard InChI is InChI=1S/C20H24BrN3O2S/c1-2-11-22-12-10-17(25)24-20-18(15-4-3-5-16(15)27-20)19(26)23-14-8-6-13(21)7-9-14/h6-9,22H,2-5,10-12H2,1H3,(H,23,26)(H,24,25). The molecule has 1 aliphatic carbocycles. The fraction of sp³-hybridized carbons (Fsp3) is 0.400. The molecule has 7 heteroatoms. The molecular weight excluding hydrogens is 426 g/mol. The van der Waals surface area contributed by atoms with Gasteiger partial charge in [0, 0.05) is 28.0 Å². The lowest BCUT2D eigenvalue weighted by atomic mass is 10.1. The van der Waals surface area contributed by atoms with E-state index in [0.717, 1.165) is 48.0 Å². The second kappa shape index (κ2) is 9.48. The van der Waals surface area contributed by atoms with Crippen molar-refractivity contribution in [2.45, 2.75) is 39.0 Å². The molecule has 27 heavy (non-hydrogen) atoms. The van der Waals surface area contributed by atoms with E-state index in [1.165, 1.54) is 4.88 Å². The molecule has 3 N–H and O–H groups in total. The molecule has 1 aromatic carbocycles. The number of aryl methyl sites for hydroxylation is 1. The number of amides is 2. The molecule has 1 aliphatic rings. The van der Waals surface area contributed by atoms with Crippen LogP contribution < -0.4 is 16.0 Å². The molecular formula is C20H24BrN3O2S. The Balaban J connectivity index is 1.72. The zero-order valence-electron chi connectivity index (χ0n) is 15.4.